The molecule has 0 saturated heterocycles. The molecule has 1 fully saturated rings. The molecule has 0 spiro atoms. The van der Waals surface area contributed by atoms with E-state index in [1.165, 1.54) is 37.7 Å². The van der Waals surface area contributed by atoms with Crippen molar-refractivity contribution < 1.29 is 8.98 Å². The molecular weight excluding hydrogens is 478 g/mol. The van der Waals surface area contributed by atoms with Crippen LogP contribution in [-0.2, 0) is 7.05 Å². The van der Waals surface area contributed by atoms with E-state index in [9.17, 15) is 5.26 Å². The van der Waals surface area contributed by atoms with Crippen molar-refractivity contribution >= 4 is 32.8 Å². The monoisotopic (exact) mass is 508 g/mol. The van der Waals surface area contributed by atoms with E-state index in [0.29, 0.717) is 17.0 Å². The summed E-state index contributed by atoms with van der Waals surface area (Å²) in [4.78, 5) is 4.71. The minimum absolute atomic E-state index is 0.561. The number of rotatable bonds is 3. The maximum atomic E-state index is 10.4. The van der Waals surface area contributed by atoms with Crippen molar-refractivity contribution in [2.75, 3.05) is 0 Å². The normalized spacial score (nSPS) is 14.3. The van der Waals surface area contributed by atoms with Crippen LogP contribution < -0.4 is 4.57 Å². The van der Waals surface area contributed by atoms with Crippen molar-refractivity contribution in [3.8, 4) is 28.5 Å². The molecule has 0 aliphatic heterocycles. The van der Waals surface area contributed by atoms with E-state index in [2.05, 4.69) is 85.4 Å². The highest BCUT2D eigenvalue weighted by Gasteiger charge is 2.26. The highest BCUT2D eigenvalue weighted by Crippen LogP contribution is 2.46. The van der Waals surface area contributed by atoms with Crippen molar-refractivity contribution in [3.05, 3.63) is 95.8 Å². The second-order valence-corrected chi connectivity index (χ2v) is 10.9. The maximum absolute atomic E-state index is 10.4. The van der Waals surface area contributed by atoms with Gasteiger partial charge in [-0.25, -0.2) is 4.57 Å². The second-order valence-electron chi connectivity index (χ2n) is 10.9. The largest absolute Gasteiger partial charge is 0.454 e. The molecule has 1 aliphatic rings. The fraction of sp³-hybridized carbons (Fsp3) is 0.229. The Morgan fingerprint density at radius 2 is 1.69 bits per heavy atom. The van der Waals surface area contributed by atoms with Crippen LogP contribution >= 0.6 is 0 Å². The van der Waals surface area contributed by atoms with Crippen molar-refractivity contribution in [1.82, 2.24) is 4.98 Å². The number of aromatic nitrogens is 2. The number of nitrogens with zero attached hydrogens (tertiary/aromatic N) is 3. The van der Waals surface area contributed by atoms with E-state index >= 15 is 0 Å². The summed E-state index contributed by atoms with van der Waals surface area (Å²) in [5.41, 5.74) is 9.38. The lowest BCUT2D eigenvalue weighted by Gasteiger charge is -2.22. The SMILES string of the molecule is Cc1ccc2c(oc3c(-c4ccc(C5CCCCC5)cc4)c(C#N)c4ncccc4c32)c1-c1cccc[n+]1C. The standard InChI is InChI=1S/C35H30N3O/c1-22-13-18-27-32-26-11-8-19-37-33(26)28(21-36)31(25-16-14-24(15-17-25)23-9-4-3-5-10-23)35(32)39-34(27)30(22)29-12-6-7-20-38(29)2/h6-8,11-20,23H,3-5,9-10H2,1-2H3/q+1. The van der Waals surface area contributed by atoms with Gasteiger partial charge in [0.2, 0.25) is 5.69 Å². The number of benzene rings is 3. The highest BCUT2D eigenvalue weighted by atomic mass is 16.3. The molecule has 190 valence electrons. The maximum Gasteiger partial charge on any atom is 0.216 e. The Hall–Kier alpha value is -4.49. The van der Waals surface area contributed by atoms with Gasteiger partial charge in [-0.1, -0.05) is 61.7 Å². The second kappa shape index (κ2) is 9.36. The molecule has 0 atom stereocenters. The van der Waals surface area contributed by atoms with Crippen LogP contribution in [0.2, 0.25) is 0 Å². The van der Waals surface area contributed by atoms with E-state index in [4.69, 9.17) is 9.40 Å². The van der Waals surface area contributed by atoms with Crippen molar-refractivity contribution in [2.45, 2.75) is 44.9 Å². The van der Waals surface area contributed by atoms with Gasteiger partial charge in [0.05, 0.1) is 16.6 Å². The fourth-order valence-corrected chi connectivity index (χ4v) is 6.58. The van der Waals surface area contributed by atoms with Crippen LogP contribution in [-0.4, -0.2) is 4.98 Å². The quantitative estimate of drug-likeness (QED) is 0.225. The number of furan rings is 1. The van der Waals surface area contributed by atoms with E-state index in [0.717, 1.165) is 55.3 Å². The Kier molecular flexibility index (Phi) is 5.67. The molecule has 0 radical (unpaired) electrons. The predicted molar refractivity (Wildman–Crippen MR) is 156 cm³/mol. The molecule has 3 aromatic carbocycles. The Morgan fingerprint density at radius 3 is 2.46 bits per heavy atom. The summed E-state index contributed by atoms with van der Waals surface area (Å²) in [6.07, 6.45) is 10.3. The van der Waals surface area contributed by atoms with Gasteiger partial charge in [0.25, 0.3) is 0 Å². The van der Waals surface area contributed by atoms with Crippen LogP contribution in [0.3, 0.4) is 0 Å². The lowest BCUT2D eigenvalue weighted by atomic mass is 9.83. The van der Waals surface area contributed by atoms with E-state index < -0.39 is 0 Å². The first-order chi connectivity index (χ1) is 19.2. The van der Waals surface area contributed by atoms with E-state index in [1.807, 2.05) is 12.1 Å². The van der Waals surface area contributed by atoms with Crippen LogP contribution in [0.15, 0.2) is 83.5 Å². The smallest absolute Gasteiger partial charge is 0.216 e. The zero-order valence-electron chi connectivity index (χ0n) is 22.4. The molecule has 0 bridgehead atoms. The summed E-state index contributed by atoms with van der Waals surface area (Å²) in [6.45, 7) is 2.13. The number of fused-ring (bicyclic) bond motifs is 5. The highest BCUT2D eigenvalue weighted by molar-refractivity contribution is 6.25. The van der Waals surface area contributed by atoms with Crippen molar-refractivity contribution in [2.24, 2.45) is 7.05 Å². The first kappa shape index (κ1) is 23.6. The summed E-state index contributed by atoms with van der Waals surface area (Å²) in [5.74, 6) is 0.630. The third-order valence-electron chi connectivity index (χ3n) is 8.56. The Balaban J connectivity index is 1.56. The third-order valence-corrected chi connectivity index (χ3v) is 8.56. The topological polar surface area (TPSA) is 53.7 Å². The Morgan fingerprint density at radius 1 is 0.872 bits per heavy atom. The first-order valence-electron chi connectivity index (χ1n) is 13.9. The summed E-state index contributed by atoms with van der Waals surface area (Å²) in [7, 11) is 2.06. The molecule has 1 saturated carbocycles. The van der Waals surface area contributed by atoms with E-state index in [-0.39, 0.29) is 0 Å². The first-order valence-corrected chi connectivity index (χ1v) is 13.9. The molecule has 3 heterocycles. The van der Waals surface area contributed by atoms with E-state index in [1.54, 1.807) is 6.20 Å². The van der Waals surface area contributed by atoms with Gasteiger partial charge >= 0.3 is 0 Å². The Labute approximate surface area is 228 Å². The number of hydrogen-bond donors (Lipinski definition) is 0. The van der Waals surface area contributed by atoms with Gasteiger partial charge in [-0.05, 0) is 54.5 Å². The van der Waals surface area contributed by atoms with Crippen molar-refractivity contribution in [3.63, 3.8) is 0 Å². The number of aryl methyl sites for hydroxylation is 2. The molecular formula is C35H30N3O+. The summed E-state index contributed by atoms with van der Waals surface area (Å²) < 4.78 is 8.99. The van der Waals surface area contributed by atoms with Crippen LogP contribution in [0.1, 0.15) is 54.7 Å². The van der Waals surface area contributed by atoms with Crippen LogP contribution in [0.5, 0.6) is 0 Å². The molecule has 4 heteroatoms. The minimum Gasteiger partial charge on any atom is -0.454 e. The average Bonchev–Trinajstić information content (AvgIpc) is 3.37. The fourth-order valence-electron chi connectivity index (χ4n) is 6.58. The molecule has 6 aromatic rings. The molecule has 3 aromatic heterocycles. The van der Waals surface area contributed by atoms with Gasteiger partial charge < -0.3 is 4.42 Å². The van der Waals surface area contributed by atoms with Gasteiger partial charge in [-0.2, -0.15) is 5.26 Å². The van der Waals surface area contributed by atoms with Crippen molar-refractivity contribution in [1.29, 1.82) is 5.26 Å². The lowest BCUT2D eigenvalue weighted by Crippen LogP contribution is -2.30. The average molecular weight is 509 g/mol. The molecule has 7 rings (SSSR count). The van der Waals surface area contributed by atoms with Crippen LogP contribution in [0.25, 0.3) is 55.2 Å². The zero-order chi connectivity index (χ0) is 26.5. The number of pyridine rings is 2. The van der Waals surface area contributed by atoms with Gasteiger partial charge in [-0.15, -0.1) is 0 Å². The minimum atomic E-state index is 0.561. The van der Waals surface area contributed by atoms with Gasteiger partial charge in [-0.3, -0.25) is 4.98 Å². The van der Waals surface area contributed by atoms with Crippen LogP contribution in [0.4, 0.5) is 0 Å². The summed E-state index contributed by atoms with van der Waals surface area (Å²) >= 11 is 0. The molecule has 0 N–H and O–H groups in total. The molecule has 1 aliphatic carbocycles. The summed E-state index contributed by atoms with van der Waals surface area (Å²) in [6, 6.07) is 25.9. The molecule has 39 heavy (non-hydrogen) atoms. The number of nitriles is 1. The molecule has 4 nitrogen and oxygen atoms in total. The zero-order valence-corrected chi connectivity index (χ0v) is 22.4. The Bertz CT molecular complexity index is 1920. The predicted octanol–water partition coefficient (Wildman–Crippen LogP) is 8.52. The lowest BCUT2D eigenvalue weighted by molar-refractivity contribution is -0.660. The van der Waals surface area contributed by atoms with Crippen LogP contribution in [0, 0.1) is 18.3 Å². The molecule has 0 amide bonds. The van der Waals surface area contributed by atoms with Gasteiger partial charge in [0.1, 0.15) is 24.3 Å². The number of hydrogen-bond acceptors (Lipinski definition) is 3. The third kappa shape index (κ3) is 3.72. The van der Waals surface area contributed by atoms with Gasteiger partial charge in [0.15, 0.2) is 6.20 Å². The molecule has 0 unspecified atom stereocenters. The summed E-state index contributed by atoms with van der Waals surface area (Å²) in [5, 5.41) is 13.4. The van der Waals surface area contributed by atoms with Gasteiger partial charge in [0, 0.05) is 40.1 Å².